The molecule has 1 aliphatic heterocycles. The molecule has 1 aliphatic carbocycles. The Morgan fingerprint density at radius 1 is 1.58 bits per heavy atom. The topological polar surface area (TPSA) is 62.7 Å². The molecule has 5 heteroatoms. The summed E-state index contributed by atoms with van der Waals surface area (Å²) in [5.74, 6) is 0.398. The number of amides is 1. The van der Waals surface area contributed by atoms with Crippen molar-refractivity contribution < 1.29 is 14.6 Å². The minimum absolute atomic E-state index is 0.0286. The molecule has 0 radical (unpaired) electrons. The second-order valence-corrected chi connectivity index (χ2v) is 5.35. The van der Waals surface area contributed by atoms with Gasteiger partial charge in [-0.15, -0.1) is 0 Å². The zero-order valence-corrected chi connectivity index (χ0v) is 11.0. The number of aliphatic hydroxyl groups is 1. The average molecular weight is 262 g/mol. The van der Waals surface area contributed by atoms with Crippen LogP contribution in [0.5, 0.6) is 5.88 Å². The number of rotatable bonds is 3. The van der Waals surface area contributed by atoms with Crippen LogP contribution in [0.25, 0.3) is 0 Å². The summed E-state index contributed by atoms with van der Waals surface area (Å²) in [7, 11) is 1.53. The zero-order valence-electron chi connectivity index (χ0n) is 11.0. The van der Waals surface area contributed by atoms with Crippen LogP contribution in [-0.2, 0) is 0 Å². The van der Waals surface area contributed by atoms with E-state index in [0.29, 0.717) is 11.4 Å². The first-order valence-corrected chi connectivity index (χ1v) is 6.67. The van der Waals surface area contributed by atoms with Gasteiger partial charge in [0.05, 0.1) is 18.8 Å². The lowest BCUT2D eigenvalue weighted by Crippen LogP contribution is -2.44. The molecule has 1 saturated heterocycles. The molecule has 102 valence electrons. The third-order valence-corrected chi connectivity index (χ3v) is 4.09. The van der Waals surface area contributed by atoms with Crippen LogP contribution in [0, 0.1) is 0 Å². The van der Waals surface area contributed by atoms with Crippen LogP contribution in [0.3, 0.4) is 0 Å². The fourth-order valence-electron chi connectivity index (χ4n) is 2.85. The summed E-state index contributed by atoms with van der Waals surface area (Å²) >= 11 is 0. The Bertz CT molecular complexity index is 499. The van der Waals surface area contributed by atoms with Crippen LogP contribution in [0.2, 0.25) is 0 Å². The van der Waals surface area contributed by atoms with Crippen molar-refractivity contribution in [3.05, 3.63) is 23.9 Å². The molecule has 1 N–H and O–H groups in total. The fraction of sp³-hybridized carbons (Fsp3) is 0.571. The van der Waals surface area contributed by atoms with Crippen LogP contribution >= 0.6 is 0 Å². The van der Waals surface area contributed by atoms with E-state index in [2.05, 4.69) is 4.98 Å². The van der Waals surface area contributed by atoms with Crippen molar-refractivity contribution in [1.29, 1.82) is 0 Å². The summed E-state index contributed by atoms with van der Waals surface area (Å²) < 4.78 is 5.04. The van der Waals surface area contributed by atoms with Crippen molar-refractivity contribution in [3.63, 3.8) is 0 Å². The Labute approximate surface area is 112 Å². The highest BCUT2D eigenvalue weighted by atomic mass is 16.5. The molecule has 0 aromatic carbocycles. The molecule has 1 amide bonds. The molecule has 5 nitrogen and oxygen atoms in total. The van der Waals surface area contributed by atoms with Crippen molar-refractivity contribution >= 4 is 5.91 Å². The molecule has 0 spiro atoms. The highest BCUT2D eigenvalue weighted by Gasteiger charge is 2.52. The van der Waals surface area contributed by atoms with E-state index >= 15 is 0 Å². The van der Waals surface area contributed by atoms with E-state index in [1.807, 2.05) is 4.90 Å². The Morgan fingerprint density at radius 2 is 2.37 bits per heavy atom. The quantitative estimate of drug-likeness (QED) is 0.889. The molecule has 3 rings (SSSR count). The maximum Gasteiger partial charge on any atom is 0.254 e. The Balaban J connectivity index is 1.82. The van der Waals surface area contributed by atoms with Crippen molar-refractivity contribution in [3.8, 4) is 5.88 Å². The molecule has 1 atom stereocenters. The van der Waals surface area contributed by atoms with Gasteiger partial charge in [-0.3, -0.25) is 4.79 Å². The molecular weight excluding hydrogens is 244 g/mol. The van der Waals surface area contributed by atoms with Crippen molar-refractivity contribution in [2.75, 3.05) is 13.7 Å². The van der Waals surface area contributed by atoms with Crippen molar-refractivity contribution in [2.45, 2.75) is 37.3 Å². The van der Waals surface area contributed by atoms with Crippen LogP contribution < -0.4 is 4.74 Å². The van der Waals surface area contributed by atoms with Gasteiger partial charge in [0.1, 0.15) is 0 Å². The van der Waals surface area contributed by atoms with E-state index in [-0.39, 0.29) is 11.9 Å². The molecule has 19 heavy (non-hydrogen) atoms. The molecular formula is C14H18N2O3. The second kappa shape index (κ2) is 4.49. The van der Waals surface area contributed by atoms with Crippen LogP contribution in [-0.4, -0.2) is 46.2 Å². The highest BCUT2D eigenvalue weighted by molar-refractivity contribution is 5.95. The minimum Gasteiger partial charge on any atom is -0.481 e. The summed E-state index contributed by atoms with van der Waals surface area (Å²) in [6.45, 7) is 0.719. The summed E-state index contributed by atoms with van der Waals surface area (Å²) in [5, 5.41) is 10.3. The van der Waals surface area contributed by atoms with E-state index in [0.717, 1.165) is 32.2 Å². The van der Waals surface area contributed by atoms with Gasteiger partial charge in [0.25, 0.3) is 5.91 Å². The van der Waals surface area contributed by atoms with Gasteiger partial charge in [0.15, 0.2) is 0 Å². The maximum atomic E-state index is 12.5. The monoisotopic (exact) mass is 262 g/mol. The third kappa shape index (κ3) is 2.18. The first-order valence-electron chi connectivity index (χ1n) is 6.67. The molecule has 2 heterocycles. The Morgan fingerprint density at radius 3 is 3.05 bits per heavy atom. The van der Waals surface area contributed by atoms with Crippen molar-refractivity contribution in [1.82, 2.24) is 9.88 Å². The lowest BCUT2D eigenvalue weighted by molar-refractivity contribution is 0.0386. The highest BCUT2D eigenvalue weighted by Crippen LogP contribution is 2.44. The third-order valence-electron chi connectivity index (χ3n) is 4.09. The number of likely N-dealkylation sites (tertiary alicyclic amines) is 1. The van der Waals surface area contributed by atoms with Gasteiger partial charge in [0.2, 0.25) is 5.88 Å². The van der Waals surface area contributed by atoms with Gasteiger partial charge in [-0.05, 0) is 31.7 Å². The lowest BCUT2D eigenvalue weighted by Gasteiger charge is -2.28. The number of methoxy groups -OCH3 is 1. The molecule has 0 bridgehead atoms. The number of ether oxygens (including phenoxy) is 1. The number of carbonyl (C=O) groups is 1. The molecule has 2 aliphatic rings. The van der Waals surface area contributed by atoms with E-state index in [4.69, 9.17) is 4.74 Å². The largest absolute Gasteiger partial charge is 0.481 e. The molecule has 1 aromatic heterocycles. The van der Waals surface area contributed by atoms with Gasteiger partial charge in [-0.25, -0.2) is 4.98 Å². The standard InChI is InChI=1S/C14H18N2O3/c1-19-12-9-10(4-7-15-12)13(17)16-8-2-3-11(16)14(18)5-6-14/h4,7,9,11,18H,2-3,5-6,8H2,1H3. The smallest absolute Gasteiger partial charge is 0.254 e. The minimum atomic E-state index is -0.636. The predicted molar refractivity (Wildman–Crippen MR) is 69.0 cm³/mol. The van der Waals surface area contributed by atoms with E-state index in [1.54, 1.807) is 18.3 Å². The summed E-state index contributed by atoms with van der Waals surface area (Å²) in [6.07, 6.45) is 5.04. The maximum absolute atomic E-state index is 12.5. The fourth-order valence-corrected chi connectivity index (χ4v) is 2.85. The van der Waals surface area contributed by atoms with Gasteiger partial charge >= 0.3 is 0 Å². The van der Waals surface area contributed by atoms with Crippen molar-refractivity contribution in [2.24, 2.45) is 0 Å². The molecule has 1 saturated carbocycles. The Kier molecular flexibility index (Phi) is 2.93. The number of pyridine rings is 1. The first kappa shape index (κ1) is 12.4. The van der Waals surface area contributed by atoms with E-state index < -0.39 is 5.60 Å². The summed E-state index contributed by atoms with van der Waals surface area (Å²) in [5.41, 5.74) is -0.0634. The van der Waals surface area contributed by atoms with Gasteiger partial charge < -0.3 is 14.7 Å². The number of carbonyl (C=O) groups excluding carboxylic acids is 1. The molecule has 1 unspecified atom stereocenters. The molecule has 1 aromatic rings. The second-order valence-electron chi connectivity index (χ2n) is 5.35. The van der Waals surface area contributed by atoms with Gasteiger partial charge in [-0.2, -0.15) is 0 Å². The van der Waals surface area contributed by atoms with Crippen LogP contribution in [0.1, 0.15) is 36.0 Å². The molecule has 2 fully saturated rings. The Hall–Kier alpha value is -1.62. The van der Waals surface area contributed by atoms with E-state index in [1.165, 1.54) is 7.11 Å². The van der Waals surface area contributed by atoms with Gasteiger partial charge in [0, 0.05) is 24.4 Å². The normalized spacial score (nSPS) is 24.3. The number of hydrogen-bond donors (Lipinski definition) is 1. The number of nitrogens with zero attached hydrogens (tertiary/aromatic N) is 2. The van der Waals surface area contributed by atoms with Gasteiger partial charge in [-0.1, -0.05) is 0 Å². The predicted octanol–water partition coefficient (Wildman–Crippen LogP) is 1.22. The summed E-state index contributed by atoms with van der Waals surface area (Å²) in [4.78, 5) is 18.3. The number of hydrogen-bond acceptors (Lipinski definition) is 4. The lowest BCUT2D eigenvalue weighted by atomic mass is 10.1. The van der Waals surface area contributed by atoms with Crippen LogP contribution in [0.15, 0.2) is 18.3 Å². The average Bonchev–Trinajstić information content (AvgIpc) is 3.00. The van der Waals surface area contributed by atoms with E-state index in [9.17, 15) is 9.90 Å². The first-order chi connectivity index (χ1) is 9.14. The number of aromatic nitrogens is 1. The summed E-state index contributed by atoms with van der Waals surface area (Å²) in [6, 6.07) is 3.31. The van der Waals surface area contributed by atoms with Crippen LogP contribution in [0.4, 0.5) is 0 Å². The SMILES string of the molecule is COc1cc(C(=O)N2CCCC2C2(O)CC2)ccn1. The zero-order chi connectivity index (χ0) is 13.5.